The molecule has 0 saturated carbocycles. The molecule has 86 valence electrons. The Kier molecular flexibility index (Phi) is 4.55. The van der Waals surface area contributed by atoms with Crippen molar-refractivity contribution in [2.24, 2.45) is 0 Å². The largest absolute Gasteiger partial charge is 0.478 e. The summed E-state index contributed by atoms with van der Waals surface area (Å²) in [5, 5.41) is 9.18. The molecule has 1 aromatic carbocycles. The summed E-state index contributed by atoms with van der Waals surface area (Å²) in [6.07, 6.45) is 1.76. The van der Waals surface area contributed by atoms with Crippen molar-refractivity contribution in [1.82, 2.24) is 0 Å². The van der Waals surface area contributed by atoms with Crippen LogP contribution in [0.4, 0.5) is 5.69 Å². The molecule has 0 aliphatic rings. The molecule has 0 unspecified atom stereocenters. The second-order valence-corrected chi connectivity index (χ2v) is 4.12. The lowest BCUT2D eigenvalue weighted by molar-refractivity contribution is 0.0696. The summed E-state index contributed by atoms with van der Waals surface area (Å²) in [6.45, 7) is 7.02. The smallest absolute Gasteiger partial charge is 0.338 e. The van der Waals surface area contributed by atoms with Gasteiger partial charge in [-0.2, -0.15) is 0 Å². The molecule has 4 heteroatoms. The molecule has 16 heavy (non-hydrogen) atoms. The van der Waals surface area contributed by atoms with Crippen LogP contribution in [0.25, 0.3) is 0 Å². The van der Waals surface area contributed by atoms with Gasteiger partial charge in [0.25, 0.3) is 0 Å². The van der Waals surface area contributed by atoms with E-state index in [1.165, 1.54) is 0 Å². The first-order valence-electron chi connectivity index (χ1n) is 4.99. The van der Waals surface area contributed by atoms with Gasteiger partial charge in [0.1, 0.15) is 0 Å². The summed E-state index contributed by atoms with van der Waals surface area (Å²) in [6, 6.07) is 5.37. The second-order valence-electron chi connectivity index (χ2n) is 3.27. The SMILES string of the molecule is C=CCN(CC)c1cccc(Br)c1C(=O)O. The number of likely N-dealkylation sites (N-methyl/N-ethyl adjacent to an activating group) is 1. The predicted octanol–water partition coefficient (Wildman–Crippen LogP) is 3.16. The minimum absolute atomic E-state index is 0.297. The molecule has 1 N–H and O–H groups in total. The summed E-state index contributed by atoms with van der Waals surface area (Å²) in [4.78, 5) is 13.1. The van der Waals surface area contributed by atoms with Gasteiger partial charge in [-0.15, -0.1) is 6.58 Å². The zero-order valence-corrected chi connectivity index (χ0v) is 10.7. The van der Waals surface area contributed by atoms with Gasteiger partial charge in [0.05, 0.1) is 11.3 Å². The minimum Gasteiger partial charge on any atom is -0.478 e. The molecule has 0 aliphatic heterocycles. The van der Waals surface area contributed by atoms with E-state index in [4.69, 9.17) is 0 Å². The average molecular weight is 284 g/mol. The number of aromatic carboxylic acids is 1. The molecule has 0 radical (unpaired) electrons. The lowest BCUT2D eigenvalue weighted by Crippen LogP contribution is -2.24. The van der Waals surface area contributed by atoms with Crippen LogP contribution in [0, 0.1) is 0 Å². The maximum atomic E-state index is 11.2. The fourth-order valence-corrected chi connectivity index (χ4v) is 2.07. The first-order chi connectivity index (χ1) is 7.61. The standard InChI is InChI=1S/C12H14BrNO2/c1-3-8-14(4-2)10-7-5-6-9(13)11(10)12(15)16/h3,5-7H,1,4,8H2,2H3,(H,15,16). The van der Waals surface area contributed by atoms with E-state index in [9.17, 15) is 9.90 Å². The number of halogens is 1. The van der Waals surface area contributed by atoms with Gasteiger partial charge in [-0.05, 0) is 35.0 Å². The van der Waals surface area contributed by atoms with Gasteiger partial charge in [0, 0.05) is 17.6 Å². The summed E-state index contributed by atoms with van der Waals surface area (Å²) >= 11 is 3.26. The number of nitrogens with zero attached hydrogens (tertiary/aromatic N) is 1. The van der Waals surface area contributed by atoms with Crippen LogP contribution in [-0.4, -0.2) is 24.2 Å². The van der Waals surface area contributed by atoms with Crippen molar-refractivity contribution in [2.45, 2.75) is 6.92 Å². The van der Waals surface area contributed by atoms with Crippen molar-refractivity contribution in [3.63, 3.8) is 0 Å². The van der Waals surface area contributed by atoms with Gasteiger partial charge < -0.3 is 10.0 Å². The first kappa shape index (κ1) is 12.8. The van der Waals surface area contributed by atoms with Crippen LogP contribution >= 0.6 is 15.9 Å². The lowest BCUT2D eigenvalue weighted by atomic mass is 10.1. The zero-order chi connectivity index (χ0) is 12.1. The predicted molar refractivity (Wildman–Crippen MR) is 69.2 cm³/mol. The van der Waals surface area contributed by atoms with Gasteiger partial charge in [0.15, 0.2) is 0 Å². The van der Waals surface area contributed by atoms with Crippen LogP contribution < -0.4 is 4.90 Å². The normalized spacial score (nSPS) is 9.88. The highest BCUT2D eigenvalue weighted by atomic mass is 79.9. The molecular weight excluding hydrogens is 270 g/mol. The van der Waals surface area contributed by atoms with E-state index in [2.05, 4.69) is 22.5 Å². The lowest BCUT2D eigenvalue weighted by Gasteiger charge is -2.23. The quantitative estimate of drug-likeness (QED) is 0.844. The molecule has 0 fully saturated rings. The number of carboxylic acid groups (broad SMARTS) is 1. The summed E-state index contributed by atoms with van der Waals surface area (Å²) in [7, 11) is 0. The molecule has 0 saturated heterocycles. The molecule has 0 aromatic heterocycles. The molecular formula is C12H14BrNO2. The van der Waals surface area contributed by atoms with Gasteiger partial charge in [-0.25, -0.2) is 4.79 Å². The third-order valence-electron chi connectivity index (χ3n) is 2.28. The van der Waals surface area contributed by atoms with Gasteiger partial charge in [0.2, 0.25) is 0 Å². The van der Waals surface area contributed by atoms with Crippen LogP contribution in [0.3, 0.4) is 0 Å². The number of anilines is 1. The topological polar surface area (TPSA) is 40.5 Å². The van der Waals surface area contributed by atoms with Crippen molar-refractivity contribution in [2.75, 3.05) is 18.0 Å². The molecule has 0 heterocycles. The number of benzene rings is 1. The Hall–Kier alpha value is -1.29. The van der Waals surface area contributed by atoms with Gasteiger partial charge in [-0.3, -0.25) is 0 Å². The van der Waals surface area contributed by atoms with E-state index < -0.39 is 5.97 Å². The van der Waals surface area contributed by atoms with Crippen molar-refractivity contribution >= 4 is 27.6 Å². The average Bonchev–Trinajstić information content (AvgIpc) is 2.25. The Morgan fingerprint density at radius 3 is 2.81 bits per heavy atom. The van der Waals surface area contributed by atoms with E-state index in [1.54, 1.807) is 18.2 Å². The number of hydrogen-bond donors (Lipinski definition) is 1. The molecule has 0 amide bonds. The molecule has 1 rings (SSSR count). The third kappa shape index (κ3) is 2.64. The summed E-state index contributed by atoms with van der Waals surface area (Å²) in [5.74, 6) is -0.926. The van der Waals surface area contributed by atoms with Crippen LogP contribution in [0.5, 0.6) is 0 Å². The Labute approximate surface area is 104 Å². The summed E-state index contributed by atoms with van der Waals surface area (Å²) < 4.78 is 0.597. The fraction of sp³-hybridized carbons (Fsp3) is 0.250. The highest BCUT2D eigenvalue weighted by Gasteiger charge is 2.17. The zero-order valence-electron chi connectivity index (χ0n) is 9.11. The number of carbonyl (C=O) groups is 1. The van der Waals surface area contributed by atoms with Gasteiger partial charge in [-0.1, -0.05) is 12.1 Å². The van der Waals surface area contributed by atoms with Crippen molar-refractivity contribution in [3.05, 3.63) is 40.9 Å². The maximum absolute atomic E-state index is 11.2. The number of carboxylic acids is 1. The van der Waals surface area contributed by atoms with E-state index in [0.717, 1.165) is 6.54 Å². The number of hydrogen-bond acceptors (Lipinski definition) is 2. The van der Waals surface area contributed by atoms with E-state index in [-0.39, 0.29) is 0 Å². The van der Waals surface area contributed by atoms with E-state index in [0.29, 0.717) is 22.3 Å². The number of rotatable bonds is 5. The van der Waals surface area contributed by atoms with Crippen molar-refractivity contribution in [1.29, 1.82) is 0 Å². The maximum Gasteiger partial charge on any atom is 0.338 e. The molecule has 3 nitrogen and oxygen atoms in total. The van der Waals surface area contributed by atoms with Crippen LogP contribution in [0.15, 0.2) is 35.3 Å². The Balaban J connectivity index is 3.25. The third-order valence-corrected chi connectivity index (χ3v) is 2.94. The Morgan fingerprint density at radius 1 is 1.62 bits per heavy atom. The Bertz CT molecular complexity index is 404. The highest BCUT2D eigenvalue weighted by molar-refractivity contribution is 9.10. The van der Waals surface area contributed by atoms with E-state index >= 15 is 0 Å². The highest BCUT2D eigenvalue weighted by Crippen LogP contribution is 2.27. The minimum atomic E-state index is -0.926. The molecule has 0 aliphatic carbocycles. The molecule has 0 bridgehead atoms. The Morgan fingerprint density at radius 2 is 2.31 bits per heavy atom. The van der Waals surface area contributed by atoms with Crippen LogP contribution in [0.2, 0.25) is 0 Å². The fourth-order valence-electron chi connectivity index (χ4n) is 1.54. The summed E-state index contributed by atoms with van der Waals surface area (Å²) in [5.41, 5.74) is 1.01. The monoisotopic (exact) mass is 283 g/mol. The van der Waals surface area contributed by atoms with Crippen LogP contribution in [0.1, 0.15) is 17.3 Å². The molecule has 0 spiro atoms. The first-order valence-corrected chi connectivity index (χ1v) is 5.78. The van der Waals surface area contributed by atoms with Crippen LogP contribution in [-0.2, 0) is 0 Å². The van der Waals surface area contributed by atoms with Crippen molar-refractivity contribution in [3.8, 4) is 0 Å². The van der Waals surface area contributed by atoms with E-state index in [1.807, 2.05) is 17.9 Å². The molecule has 1 aromatic rings. The van der Waals surface area contributed by atoms with Crippen molar-refractivity contribution < 1.29 is 9.90 Å². The molecule has 0 atom stereocenters. The van der Waals surface area contributed by atoms with Gasteiger partial charge >= 0.3 is 5.97 Å². The second kappa shape index (κ2) is 5.70.